The van der Waals surface area contributed by atoms with E-state index in [1.807, 2.05) is 6.07 Å². The molecule has 0 aliphatic heterocycles. The molecule has 2 aromatic heterocycles. The first-order valence-electron chi connectivity index (χ1n) is 12.2. The van der Waals surface area contributed by atoms with Gasteiger partial charge in [-0.1, -0.05) is 36.4 Å². The van der Waals surface area contributed by atoms with Crippen LogP contribution in [0, 0.1) is 0 Å². The number of primary sulfonamides is 1. The predicted molar refractivity (Wildman–Crippen MR) is 152 cm³/mol. The van der Waals surface area contributed by atoms with Crippen LogP contribution in [0.3, 0.4) is 0 Å². The van der Waals surface area contributed by atoms with E-state index in [1.54, 1.807) is 54.7 Å². The zero-order valence-electron chi connectivity index (χ0n) is 21.4. The van der Waals surface area contributed by atoms with Gasteiger partial charge in [-0.25, -0.2) is 27.7 Å². The van der Waals surface area contributed by atoms with E-state index in [2.05, 4.69) is 20.7 Å². The number of fused-ring (bicyclic) bond motifs is 1. The first-order chi connectivity index (χ1) is 19.6. The highest BCUT2D eigenvalue weighted by atomic mass is 32.2. The molecule has 0 saturated carbocycles. The smallest absolute Gasteiger partial charge is 0.355 e. The predicted octanol–water partition coefficient (Wildman–Crippen LogP) is 1.54. The molecule has 3 aromatic carbocycles. The third-order valence-corrected chi connectivity index (χ3v) is 6.97. The van der Waals surface area contributed by atoms with Gasteiger partial charge in [0, 0.05) is 36.0 Å². The zero-order valence-corrected chi connectivity index (χ0v) is 22.2. The van der Waals surface area contributed by atoms with Crippen molar-refractivity contribution in [1.29, 1.82) is 0 Å². The number of nitrogen functional groups attached to an aromatic ring is 1. The molecule has 6 N–H and O–H groups in total. The number of aromatic nitrogens is 4. The van der Waals surface area contributed by atoms with Gasteiger partial charge in [0.05, 0.1) is 16.3 Å². The highest BCUT2D eigenvalue weighted by Crippen LogP contribution is 2.22. The summed E-state index contributed by atoms with van der Waals surface area (Å²) in [6.45, 7) is 0.0248. The van der Waals surface area contributed by atoms with Gasteiger partial charge in [0.25, 0.3) is 5.91 Å². The summed E-state index contributed by atoms with van der Waals surface area (Å²) in [7, 11) is -3.94. The van der Waals surface area contributed by atoms with Crippen molar-refractivity contribution in [2.24, 2.45) is 5.14 Å². The molecule has 2 heterocycles. The molecule has 0 bridgehead atoms. The highest BCUT2D eigenvalue weighted by Gasteiger charge is 2.15. The van der Waals surface area contributed by atoms with Crippen molar-refractivity contribution in [3.05, 3.63) is 101 Å². The van der Waals surface area contributed by atoms with Gasteiger partial charge >= 0.3 is 5.69 Å². The van der Waals surface area contributed by atoms with Crippen molar-refractivity contribution in [3.8, 4) is 16.9 Å². The number of rotatable bonds is 8. The van der Waals surface area contributed by atoms with Crippen LogP contribution in [0.2, 0.25) is 0 Å². The number of benzene rings is 3. The first-order valence-corrected chi connectivity index (χ1v) is 13.8. The molecule has 0 atom stereocenters. The molecule has 41 heavy (non-hydrogen) atoms. The first kappa shape index (κ1) is 27.2. The van der Waals surface area contributed by atoms with E-state index < -0.39 is 21.6 Å². The minimum Gasteiger partial charge on any atom is -0.381 e. The number of para-hydroxylation sites is 1. The van der Waals surface area contributed by atoms with Crippen molar-refractivity contribution in [1.82, 2.24) is 24.5 Å². The van der Waals surface area contributed by atoms with Crippen molar-refractivity contribution in [3.63, 3.8) is 0 Å². The number of hydrogen-bond donors (Lipinski definition) is 4. The van der Waals surface area contributed by atoms with E-state index in [9.17, 15) is 22.8 Å². The van der Waals surface area contributed by atoms with Crippen LogP contribution in [0.15, 0.2) is 94.7 Å². The number of nitrogens with zero attached hydrogens (tertiary/aromatic N) is 4. The summed E-state index contributed by atoms with van der Waals surface area (Å²) in [5, 5.41) is 14.7. The summed E-state index contributed by atoms with van der Waals surface area (Å²) in [5.41, 5.74) is 8.26. The number of nitrogens with one attached hydrogen (secondary N) is 2. The maximum atomic E-state index is 13.0. The average molecular weight is 573 g/mol. The van der Waals surface area contributed by atoms with E-state index in [-0.39, 0.29) is 40.8 Å². The minimum atomic E-state index is -3.94. The second-order valence-corrected chi connectivity index (χ2v) is 10.5. The highest BCUT2D eigenvalue weighted by molar-refractivity contribution is 7.89. The largest absolute Gasteiger partial charge is 0.381 e. The Labute approximate surface area is 233 Å². The molecule has 0 fully saturated rings. The molecule has 5 rings (SSSR count). The van der Waals surface area contributed by atoms with E-state index in [0.29, 0.717) is 22.6 Å². The fourth-order valence-electron chi connectivity index (χ4n) is 4.03. The molecule has 0 spiro atoms. The molecule has 0 radical (unpaired) electrons. The Balaban J connectivity index is 1.22. The lowest BCUT2D eigenvalue weighted by Crippen LogP contribution is -2.28. The molecule has 14 heteroatoms. The van der Waals surface area contributed by atoms with Crippen LogP contribution >= 0.6 is 0 Å². The number of carbonyl (C=O) groups excluding carboxylic acids is 2. The fourth-order valence-corrected chi connectivity index (χ4v) is 4.59. The van der Waals surface area contributed by atoms with E-state index in [0.717, 1.165) is 6.07 Å². The Kier molecular flexibility index (Phi) is 7.33. The van der Waals surface area contributed by atoms with Gasteiger partial charge in [0.2, 0.25) is 21.6 Å². The van der Waals surface area contributed by atoms with Crippen molar-refractivity contribution in [2.45, 2.75) is 11.3 Å². The molecular formula is C27H24N8O5S. The normalized spacial score (nSPS) is 11.3. The second kappa shape index (κ2) is 11.0. The van der Waals surface area contributed by atoms with Crippen LogP contribution in [0.1, 0.15) is 16.8 Å². The Morgan fingerprint density at radius 2 is 1.68 bits per heavy atom. The quantitative estimate of drug-likeness (QED) is 0.215. The molecule has 0 unspecified atom stereocenters. The van der Waals surface area contributed by atoms with Crippen LogP contribution in [0.4, 0.5) is 11.5 Å². The zero-order chi connectivity index (χ0) is 29.1. The van der Waals surface area contributed by atoms with E-state index >= 15 is 0 Å². The van der Waals surface area contributed by atoms with Crippen LogP contribution < -0.4 is 27.2 Å². The lowest BCUT2D eigenvalue weighted by Gasteiger charge is -2.09. The molecule has 0 saturated heterocycles. The Bertz CT molecular complexity index is 1930. The molecular weight excluding hydrogens is 548 g/mol. The second-order valence-electron chi connectivity index (χ2n) is 8.94. The van der Waals surface area contributed by atoms with Gasteiger partial charge in [0.15, 0.2) is 5.82 Å². The molecule has 13 nitrogen and oxygen atoms in total. The van der Waals surface area contributed by atoms with E-state index in [1.165, 1.54) is 27.3 Å². The Hall–Kier alpha value is -5.34. The lowest BCUT2D eigenvalue weighted by molar-refractivity contribution is -0.116. The Morgan fingerprint density at radius 3 is 2.39 bits per heavy atom. The summed E-state index contributed by atoms with van der Waals surface area (Å²) in [6.07, 6.45) is 1.53. The molecule has 5 aromatic rings. The standard InChI is InChI=1S/C27H24N8O5S/c28-24-25-33-35(20-6-2-1-3-7-20)27(38)34(25)16-22(32-24)17-9-11-19(12-10-17)31-23(36)13-14-30-26(37)18-5-4-8-21(15-18)41(29,39)40/h1-12,15-16H,13-14H2,(H2,28,32)(H,30,37)(H,31,36)(H2,29,39,40). The van der Waals surface area contributed by atoms with E-state index in [4.69, 9.17) is 10.9 Å². The fraction of sp³-hybridized carbons (Fsp3) is 0.0741. The number of sulfonamides is 1. The number of hydrogen-bond acceptors (Lipinski definition) is 8. The summed E-state index contributed by atoms with van der Waals surface area (Å²) in [4.78, 5) is 41.9. The molecule has 2 amide bonds. The minimum absolute atomic E-state index is 0.0224. The number of nitrogens with two attached hydrogens (primary N) is 2. The SMILES string of the molecule is Nc1nc(-c2ccc(NC(=O)CCNC(=O)c3cccc(S(N)(=O)=O)c3)cc2)cn2c(=O)n(-c3ccccc3)nc12. The van der Waals surface area contributed by atoms with Gasteiger partial charge in [-0.15, -0.1) is 5.10 Å². The monoisotopic (exact) mass is 572 g/mol. The third-order valence-electron chi connectivity index (χ3n) is 6.06. The molecule has 0 aliphatic rings. The summed E-state index contributed by atoms with van der Waals surface area (Å²) < 4.78 is 25.6. The van der Waals surface area contributed by atoms with Gasteiger partial charge in [0.1, 0.15) is 0 Å². The molecule has 0 aliphatic carbocycles. The number of amides is 2. The summed E-state index contributed by atoms with van der Waals surface area (Å²) in [5.74, 6) is -0.796. The average Bonchev–Trinajstić information content (AvgIpc) is 3.30. The third kappa shape index (κ3) is 5.98. The number of carbonyl (C=O) groups is 2. The molecule has 208 valence electrons. The lowest BCUT2D eigenvalue weighted by atomic mass is 10.1. The maximum Gasteiger partial charge on any atom is 0.355 e. The summed E-state index contributed by atoms with van der Waals surface area (Å²) in [6, 6.07) is 21.0. The summed E-state index contributed by atoms with van der Waals surface area (Å²) >= 11 is 0. The van der Waals surface area contributed by atoms with Crippen LogP contribution in [0.5, 0.6) is 0 Å². The van der Waals surface area contributed by atoms with Gasteiger partial charge in [-0.05, 0) is 42.5 Å². The Morgan fingerprint density at radius 1 is 0.951 bits per heavy atom. The van der Waals surface area contributed by atoms with Gasteiger partial charge in [-0.3, -0.25) is 9.59 Å². The van der Waals surface area contributed by atoms with Gasteiger partial charge < -0.3 is 16.4 Å². The number of anilines is 2. The van der Waals surface area contributed by atoms with Crippen LogP contribution in [-0.4, -0.2) is 45.9 Å². The van der Waals surface area contributed by atoms with Crippen molar-refractivity contribution < 1.29 is 18.0 Å². The van der Waals surface area contributed by atoms with Crippen LogP contribution in [-0.2, 0) is 14.8 Å². The van der Waals surface area contributed by atoms with Gasteiger partial charge in [-0.2, -0.15) is 4.68 Å². The van der Waals surface area contributed by atoms with Crippen molar-refractivity contribution >= 4 is 39.0 Å². The van der Waals surface area contributed by atoms with Crippen LogP contribution in [0.25, 0.3) is 22.6 Å². The topological polar surface area (TPSA) is 197 Å². The van der Waals surface area contributed by atoms with Crippen molar-refractivity contribution in [2.75, 3.05) is 17.6 Å². The maximum absolute atomic E-state index is 13.0.